The van der Waals surface area contributed by atoms with E-state index in [1.807, 2.05) is 0 Å². The van der Waals surface area contributed by atoms with Gasteiger partial charge in [-0.1, -0.05) is 19.3 Å². The molecule has 0 bridgehead atoms. The number of carbonyl (C=O) groups is 1. The first-order valence-corrected chi connectivity index (χ1v) is 12.8. The molecule has 1 unspecified atom stereocenters. The first-order chi connectivity index (χ1) is 16.7. The van der Waals surface area contributed by atoms with E-state index in [1.165, 1.54) is 6.07 Å². The number of alkyl halides is 8. The molecule has 0 heterocycles. The normalized spacial score (nSPS) is 14.6. The molecule has 210 valence electrons. The molecule has 1 atom stereocenters. The minimum atomic E-state index is -5.75. The van der Waals surface area contributed by atoms with E-state index in [2.05, 4.69) is 5.32 Å². The van der Waals surface area contributed by atoms with Gasteiger partial charge in [0.1, 0.15) is 15.4 Å². The molecular weight excluding hydrogens is 540 g/mol. The Labute approximate surface area is 208 Å². The zero-order valence-electron chi connectivity index (χ0n) is 19.6. The molecule has 37 heavy (non-hydrogen) atoms. The van der Waals surface area contributed by atoms with Crippen LogP contribution in [0, 0.1) is 11.3 Å². The second kappa shape index (κ2) is 12.4. The summed E-state index contributed by atoms with van der Waals surface area (Å²) in [4.78, 5) is 12.3. The van der Waals surface area contributed by atoms with Crippen LogP contribution in [0.4, 0.5) is 40.8 Å². The maximum absolute atomic E-state index is 13.1. The van der Waals surface area contributed by atoms with Crippen LogP contribution >= 0.6 is 0 Å². The van der Waals surface area contributed by atoms with Gasteiger partial charge in [-0.15, -0.1) is 0 Å². The molecule has 0 aliphatic heterocycles. The van der Waals surface area contributed by atoms with Crippen molar-refractivity contribution in [1.82, 2.24) is 0 Å². The number of nitrogens with one attached hydrogen (secondary N) is 1. The lowest BCUT2D eigenvalue weighted by atomic mass is 9.96. The summed E-state index contributed by atoms with van der Waals surface area (Å²) in [5, 5.41) is 21.3. The molecule has 0 aliphatic carbocycles. The molecule has 1 aromatic rings. The second-order valence-electron chi connectivity index (χ2n) is 8.72. The summed E-state index contributed by atoms with van der Waals surface area (Å²) < 4.78 is 125. The van der Waals surface area contributed by atoms with Crippen LogP contribution in [0.25, 0.3) is 0 Å². The number of nitrogens with zero attached hydrogens (tertiary/aromatic N) is 1. The summed E-state index contributed by atoms with van der Waals surface area (Å²) in [6.07, 6.45) is -12.3. The summed E-state index contributed by atoms with van der Waals surface area (Å²) >= 11 is 0. The molecule has 6 nitrogen and oxygen atoms in total. The van der Waals surface area contributed by atoms with Crippen LogP contribution in [0.1, 0.15) is 63.0 Å². The van der Waals surface area contributed by atoms with Crippen molar-refractivity contribution in [2.75, 3.05) is 16.8 Å². The average Bonchev–Trinajstić information content (AvgIpc) is 2.74. The molecule has 0 fully saturated rings. The molecule has 1 amide bonds. The third-order valence-corrected chi connectivity index (χ3v) is 7.24. The lowest BCUT2D eigenvalue weighted by molar-refractivity contribution is -0.284. The number of hydrogen-bond donors (Lipinski definition) is 2. The van der Waals surface area contributed by atoms with E-state index in [4.69, 9.17) is 5.26 Å². The van der Waals surface area contributed by atoms with Crippen molar-refractivity contribution < 1.29 is 53.4 Å². The third kappa shape index (κ3) is 10.4. The quantitative estimate of drug-likeness (QED) is 0.239. The van der Waals surface area contributed by atoms with E-state index in [1.54, 1.807) is 0 Å². The number of anilines is 1. The number of carbonyl (C=O) groups excluding carboxylic acids is 1. The van der Waals surface area contributed by atoms with Gasteiger partial charge in [0.05, 0.1) is 28.7 Å². The number of rotatable bonds is 13. The largest absolute Gasteiger partial charge is 0.453 e. The number of halogens is 8. The highest BCUT2D eigenvalue weighted by atomic mass is 32.2. The minimum absolute atomic E-state index is 0.0811. The number of aliphatic hydroxyl groups is 1. The van der Waals surface area contributed by atoms with Gasteiger partial charge in [-0.3, -0.25) is 4.79 Å². The molecule has 0 saturated carbocycles. The standard InChI is InChI=1S/C22H26F8N2O4S/c1-19(34,18(33)32-16-8-7-15(14-31)17(13-16)21(25,26)27)9-4-2-3-5-11-37(35,36)12-6-10-20(23,24)22(28,29)30/h7-8,13,34H,2-6,9-12H2,1H3,(H,32,33). The van der Waals surface area contributed by atoms with Gasteiger partial charge in [0.2, 0.25) is 0 Å². The molecule has 2 N–H and O–H groups in total. The number of nitriles is 1. The first-order valence-electron chi connectivity index (χ1n) is 11.0. The van der Waals surface area contributed by atoms with Gasteiger partial charge >= 0.3 is 18.3 Å². The maximum Gasteiger partial charge on any atom is 0.453 e. The van der Waals surface area contributed by atoms with E-state index in [9.17, 15) is 53.4 Å². The number of sulfone groups is 1. The van der Waals surface area contributed by atoms with E-state index in [0.717, 1.165) is 19.1 Å². The van der Waals surface area contributed by atoms with Gasteiger partial charge in [0, 0.05) is 12.1 Å². The smallest absolute Gasteiger partial charge is 0.380 e. The Morgan fingerprint density at radius 2 is 1.51 bits per heavy atom. The lowest BCUT2D eigenvalue weighted by Crippen LogP contribution is -2.40. The summed E-state index contributed by atoms with van der Waals surface area (Å²) in [5.74, 6) is -7.21. The Morgan fingerprint density at radius 3 is 2.05 bits per heavy atom. The Bertz CT molecular complexity index is 1080. The molecule has 0 aliphatic rings. The van der Waals surface area contributed by atoms with E-state index in [-0.39, 0.29) is 24.9 Å². The van der Waals surface area contributed by atoms with Gasteiger partial charge in [0.25, 0.3) is 5.91 Å². The molecule has 15 heteroatoms. The molecular formula is C22H26F8N2O4S. The monoisotopic (exact) mass is 566 g/mol. The third-order valence-electron chi connectivity index (χ3n) is 5.42. The van der Waals surface area contributed by atoms with Gasteiger partial charge in [-0.05, 0) is 44.4 Å². The number of hydrogen-bond acceptors (Lipinski definition) is 5. The summed E-state index contributed by atoms with van der Waals surface area (Å²) in [5.41, 5.74) is -4.16. The minimum Gasteiger partial charge on any atom is -0.380 e. The molecule has 0 radical (unpaired) electrons. The van der Waals surface area contributed by atoms with Crippen molar-refractivity contribution >= 4 is 21.4 Å². The first kappa shape index (κ1) is 32.6. The maximum atomic E-state index is 13.1. The van der Waals surface area contributed by atoms with Crippen LogP contribution < -0.4 is 5.32 Å². The number of unbranched alkanes of at least 4 members (excludes halogenated alkanes) is 3. The van der Waals surface area contributed by atoms with Crippen molar-refractivity contribution in [3.8, 4) is 6.07 Å². The lowest BCUT2D eigenvalue weighted by Gasteiger charge is -2.22. The Balaban J connectivity index is 2.47. The predicted molar refractivity (Wildman–Crippen MR) is 117 cm³/mol. The zero-order chi connectivity index (χ0) is 28.7. The topological polar surface area (TPSA) is 107 Å². The van der Waals surface area contributed by atoms with Crippen LogP contribution in [-0.2, 0) is 20.8 Å². The highest BCUT2D eigenvalue weighted by Crippen LogP contribution is 2.39. The highest BCUT2D eigenvalue weighted by Gasteiger charge is 2.56. The fourth-order valence-electron chi connectivity index (χ4n) is 3.24. The van der Waals surface area contributed by atoms with Crippen molar-refractivity contribution in [3.05, 3.63) is 29.3 Å². The van der Waals surface area contributed by atoms with Gasteiger partial charge in [0.15, 0.2) is 0 Å². The Kier molecular flexibility index (Phi) is 10.9. The van der Waals surface area contributed by atoms with Crippen molar-refractivity contribution in [2.24, 2.45) is 0 Å². The molecule has 1 aromatic carbocycles. The van der Waals surface area contributed by atoms with Crippen LogP contribution in [-0.4, -0.2) is 48.6 Å². The highest BCUT2D eigenvalue weighted by molar-refractivity contribution is 7.91. The summed E-state index contributed by atoms with van der Waals surface area (Å²) in [6.45, 7) is 1.14. The van der Waals surface area contributed by atoms with Crippen molar-refractivity contribution in [1.29, 1.82) is 5.26 Å². The number of benzene rings is 1. The second-order valence-corrected chi connectivity index (χ2v) is 11.0. The van der Waals surface area contributed by atoms with Crippen LogP contribution in [0.3, 0.4) is 0 Å². The van der Waals surface area contributed by atoms with E-state index in [0.29, 0.717) is 18.9 Å². The number of amides is 1. The molecule has 1 rings (SSSR count). The van der Waals surface area contributed by atoms with E-state index >= 15 is 0 Å². The molecule has 0 spiro atoms. The Hall–Kier alpha value is -2.47. The average molecular weight is 567 g/mol. The van der Waals surface area contributed by atoms with Crippen LogP contribution in [0.5, 0.6) is 0 Å². The van der Waals surface area contributed by atoms with Crippen LogP contribution in [0.2, 0.25) is 0 Å². The van der Waals surface area contributed by atoms with Gasteiger partial charge < -0.3 is 10.4 Å². The fourth-order valence-corrected chi connectivity index (χ4v) is 4.67. The van der Waals surface area contributed by atoms with E-state index < -0.39 is 75.1 Å². The predicted octanol–water partition coefficient (Wildman–Crippen LogP) is 5.61. The summed E-state index contributed by atoms with van der Waals surface area (Å²) in [7, 11) is -3.85. The Morgan fingerprint density at radius 1 is 0.946 bits per heavy atom. The molecule has 0 saturated heterocycles. The summed E-state index contributed by atoms with van der Waals surface area (Å²) in [6, 6.07) is 3.92. The van der Waals surface area contributed by atoms with Gasteiger partial charge in [-0.2, -0.15) is 40.4 Å². The zero-order valence-corrected chi connectivity index (χ0v) is 20.5. The van der Waals surface area contributed by atoms with Crippen molar-refractivity contribution in [2.45, 2.75) is 75.7 Å². The molecule has 0 aromatic heterocycles. The fraction of sp³-hybridized carbons (Fsp3) is 0.636. The SMILES string of the molecule is CC(O)(CCCCCCS(=O)(=O)CCCC(F)(F)C(F)(F)F)C(=O)Nc1ccc(C#N)c(C(F)(F)F)c1. The van der Waals surface area contributed by atoms with Gasteiger partial charge in [-0.25, -0.2) is 8.42 Å². The van der Waals surface area contributed by atoms with Crippen molar-refractivity contribution in [3.63, 3.8) is 0 Å². The van der Waals surface area contributed by atoms with Crippen LogP contribution in [0.15, 0.2) is 18.2 Å².